The van der Waals surface area contributed by atoms with Crippen LogP contribution in [0.5, 0.6) is 5.75 Å². The molecule has 1 heterocycles. The Morgan fingerprint density at radius 2 is 2.10 bits per heavy atom. The van der Waals surface area contributed by atoms with E-state index in [1.165, 1.54) is 18.9 Å². The lowest BCUT2D eigenvalue weighted by molar-refractivity contribution is 0.285. The molecule has 2 N–H and O–H groups in total. The van der Waals surface area contributed by atoms with Crippen molar-refractivity contribution in [2.24, 2.45) is 10.9 Å². The number of aromatic nitrogens is 2. The van der Waals surface area contributed by atoms with Crippen LogP contribution in [0.1, 0.15) is 63.9 Å². The van der Waals surface area contributed by atoms with Gasteiger partial charge in [-0.25, -0.2) is 4.39 Å². The van der Waals surface area contributed by atoms with Gasteiger partial charge in [0.15, 0.2) is 23.4 Å². The highest BCUT2D eigenvalue weighted by Crippen LogP contribution is 2.30. The summed E-state index contributed by atoms with van der Waals surface area (Å²) < 4.78 is 25.2. The van der Waals surface area contributed by atoms with E-state index in [-0.39, 0.29) is 41.3 Å². The smallest absolute Gasteiger partial charge is 0.232 e. The Morgan fingerprint density at radius 3 is 2.67 bits per heavy atom. The highest BCUT2D eigenvalue weighted by Gasteiger charge is 2.23. The van der Waals surface area contributed by atoms with Crippen LogP contribution < -0.4 is 15.4 Å². The van der Waals surface area contributed by atoms with Crippen molar-refractivity contribution >= 4 is 29.9 Å². The fraction of sp³-hybridized carbons (Fsp3) is 0.571. The molecule has 166 valence electrons. The molecular formula is C21H31FIN5O2. The lowest BCUT2D eigenvalue weighted by Gasteiger charge is -2.18. The van der Waals surface area contributed by atoms with E-state index in [4.69, 9.17) is 9.26 Å². The van der Waals surface area contributed by atoms with Crippen LogP contribution >= 0.6 is 24.0 Å². The summed E-state index contributed by atoms with van der Waals surface area (Å²) in [7, 11) is 1.67. The first-order chi connectivity index (χ1) is 13.8. The van der Waals surface area contributed by atoms with Crippen LogP contribution in [0.15, 0.2) is 27.7 Å². The summed E-state index contributed by atoms with van der Waals surface area (Å²) in [5, 5.41) is 10.4. The Balaban J connectivity index is 0.00000320. The summed E-state index contributed by atoms with van der Waals surface area (Å²) in [6.45, 7) is 8.95. The number of nitrogens with zero attached hydrogens (tertiary/aromatic N) is 3. The van der Waals surface area contributed by atoms with Crippen molar-refractivity contribution in [2.75, 3.05) is 13.7 Å². The van der Waals surface area contributed by atoms with Gasteiger partial charge in [0.05, 0.1) is 19.2 Å². The predicted octanol–water partition coefficient (Wildman–Crippen LogP) is 4.34. The monoisotopic (exact) mass is 531 g/mol. The van der Waals surface area contributed by atoms with E-state index in [1.54, 1.807) is 13.1 Å². The average molecular weight is 531 g/mol. The molecule has 1 fully saturated rings. The lowest BCUT2D eigenvalue weighted by atomic mass is 9.97. The van der Waals surface area contributed by atoms with E-state index >= 15 is 0 Å². The summed E-state index contributed by atoms with van der Waals surface area (Å²) in [5.41, 5.74) is 0.608. The van der Waals surface area contributed by atoms with Gasteiger partial charge in [-0.15, -0.1) is 24.0 Å². The van der Waals surface area contributed by atoms with Gasteiger partial charge in [-0.05, 0) is 43.4 Å². The topological polar surface area (TPSA) is 84.6 Å². The molecule has 3 rings (SSSR count). The molecule has 30 heavy (non-hydrogen) atoms. The van der Waals surface area contributed by atoms with Gasteiger partial charge in [-0.1, -0.05) is 32.0 Å². The first-order valence-electron chi connectivity index (χ1n) is 9.98. The minimum Gasteiger partial charge on any atom is -0.490 e. The van der Waals surface area contributed by atoms with E-state index in [0.29, 0.717) is 42.5 Å². The zero-order chi connectivity index (χ0) is 21.0. The van der Waals surface area contributed by atoms with Crippen molar-refractivity contribution < 1.29 is 13.7 Å². The van der Waals surface area contributed by atoms with Gasteiger partial charge in [0.25, 0.3) is 0 Å². The van der Waals surface area contributed by atoms with Crippen molar-refractivity contribution in [3.05, 3.63) is 41.3 Å². The number of hydrogen-bond donors (Lipinski definition) is 2. The molecule has 7 nitrogen and oxygen atoms in total. The van der Waals surface area contributed by atoms with Crippen LogP contribution in [-0.4, -0.2) is 29.8 Å². The molecule has 1 unspecified atom stereocenters. The van der Waals surface area contributed by atoms with Gasteiger partial charge >= 0.3 is 0 Å². The Bertz CT molecular complexity index is 861. The van der Waals surface area contributed by atoms with Crippen LogP contribution in [0.4, 0.5) is 4.39 Å². The van der Waals surface area contributed by atoms with E-state index in [1.807, 2.05) is 33.8 Å². The minimum atomic E-state index is -0.346. The molecule has 1 aliphatic carbocycles. The summed E-state index contributed by atoms with van der Waals surface area (Å²) in [4.78, 5) is 8.60. The number of rotatable bonds is 7. The number of hydrogen-bond acceptors (Lipinski definition) is 5. The third kappa shape index (κ3) is 6.82. The number of halogens is 2. The van der Waals surface area contributed by atoms with Crippen LogP contribution in [0.2, 0.25) is 0 Å². The van der Waals surface area contributed by atoms with Crippen molar-refractivity contribution in [1.82, 2.24) is 20.8 Å². The quantitative estimate of drug-likeness (QED) is 0.314. The second-order valence-electron chi connectivity index (χ2n) is 8.50. The van der Waals surface area contributed by atoms with E-state index in [2.05, 4.69) is 25.8 Å². The van der Waals surface area contributed by atoms with Crippen molar-refractivity contribution in [1.29, 1.82) is 0 Å². The van der Waals surface area contributed by atoms with Crippen molar-refractivity contribution in [2.45, 2.75) is 58.5 Å². The van der Waals surface area contributed by atoms with Gasteiger partial charge in [0, 0.05) is 12.5 Å². The van der Waals surface area contributed by atoms with Crippen molar-refractivity contribution in [3.63, 3.8) is 0 Å². The summed E-state index contributed by atoms with van der Waals surface area (Å²) in [6, 6.07) is 4.91. The highest BCUT2D eigenvalue weighted by molar-refractivity contribution is 14.0. The fourth-order valence-electron chi connectivity index (χ4n) is 2.67. The zero-order valence-corrected chi connectivity index (χ0v) is 20.5. The summed E-state index contributed by atoms with van der Waals surface area (Å²) >= 11 is 0. The maximum atomic E-state index is 14.3. The van der Waals surface area contributed by atoms with Crippen molar-refractivity contribution in [3.8, 4) is 5.75 Å². The zero-order valence-electron chi connectivity index (χ0n) is 18.2. The molecule has 1 atom stereocenters. The first kappa shape index (κ1) is 24.4. The van der Waals surface area contributed by atoms with Gasteiger partial charge in [-0.3, -0.25) is 4.99 Å². The van der Waals surface area contributed by atoms with E-state index < -0.39 is 0 Å². The van der Waals surface area contributed by atoms with Gasteiger partial charge in [-0.2, -0.15) is 4.98 Å². The normalized spacial score (nSPS) is 15.3. The lowest BCUT2D eigenvalue weighted by Crippen LogP contribution is -2.38. The third-order valence-electron chi connectivity index (χ3n) is 4.73. The largest absolute Gasteiger partial charge is 0.490 e. The Labute approximate surface area is 194 Å². The maximum Gasteiger partial charge on any atom is 0.232 e. The number of guanidine groups is 1. The molecular weight excluding hydrogens is 500 g/mol. The molecule has 1 aromatic carbocycles. The SMILES string of the molecule is CN=C(NCc1noc(C(C)(C)C)n1)NC(C)c1ccc(OCC2CC2)c(F)c1.I. The maximum absolute atomic E-state index is 14.3. The van der Waals surface area contributed by atoms with Crippen LogP contribution in [0, 0.1) is 11.7 Å². The summed E-state index contributed by atoms with van der Waals surface area (Å²) in [6.07, 6.45) is 2.35. The Kier molecular flexibility index (Phi) is 8.45. The molecule has 0 aliphatic heterocycles. The number of ether oxygens (including phenoxy) is 1. The number of aliphatic imine (C=N–C) groups is 1. The molecule has 0 radical (unpaired) electrons. The number of benzene rings is 1. The van der Waals surface area contributed by atoms with Crippen LogP contribution in [0.25, 0.3) is 0 Å². The molecule has 1 aromatic heterocycles. The van der Waals surface area contributed by atoms with Gasteiger partial charge in [0.2, 0.25) is 5.89 Å². The first-order valence-corrected chi connectivity index (χ1v) is 9.98. The second kappa shape index (κ2) is 10.4. The van der Waals surface area contributed by atoms with Gasteiger partial charge < -0.3 is 19.9 Å². The minimum absolute atomic E-state index is 0. The standard InChI is InChI=1S/C21H30FN5O2.HI/c1-13(15-8-9-17(16(22)10-15)28-12-14-6-7-14)25-20(23-5)24-11-18-26-19(29-27-18)21(2,3)4;/h8-10,13-14H,6-7,11-12H2,1-5H3,(H2,23,24,25);1H. The second-order valence-corrected chi connectivity index (χ2v) is 8.50. The van der Waals surface area contributed by atoms with E-state index in [9.17, 15) is 4.39 Å². The molecule has 0 saturated heterocycles. The summed E-state index contributed by atoms with van der Waals surface area (Å²) in [5.74, 6) is 2.25. The van der Waals surface area contributed by atoms with Crippen LogP contribution in [-0.2, 0) is 12.0 Å². The molecule has 9 heteroatoms. The fourth-order valence-corrected chi connectivity index (χ4v) is 2.67. The Hall–Kier alpha value is -1.91. The van der Waals surface area contributed by atoms with Gasteiger partial charge in [0.1, 0.15) is 0 Å². The molecule has 1 saturated carbocycles. The van der Waals surface area contributed by atoms with Crippen LogP contribution in [0.3, 0.4) is 0 Å². The Morgan fingerprint density at radius 1 is 1.37 bits per heavy atom. The number of nitrogens with one attached hydrogen (secondary N) is 2. The molecule has 0 spiro atoms. The highest BCUT2D eigenvalue weighted by atomic mass is 127. The average Bonchev–Trinajstić information content (AvgIpc) is 3.37. The van der Waals surface area contributed by atoms with E-state index in [0.717, 1.165) is 5.56 Å². The molecule has 0 amide bonds. The predicted molar refractivity (Wildman–Crippen MR) is 125 cm³/mol. The third-order valence-corrected chi connectivity index (χ3v) is 4.73. The molecule has 0 bridgehead atoms. The molecule has 2 aromatic rings. The molecule has 1 aliphatic rings.